The molecule has 0 heterocycles. The van der Waals surface area contributed by atoms with Crippen LogP contribution < -0.4 is 0 Å². The van der Waals surface area contributed by atoms with Gasteiger partial charge in [0, 0.05) is 0 Å². The molecule has 0 aromatic heterocycles. The van der Waals surface area contributed by atoms with Gasteiger partial charge in [-0.3, -0.25) is 4.57 Å². The van der Waals surface area contributed by atoms with E-state index >= 15 is 0 Å². The highest BCUT2D eigenvalue weighted by Crippen LogP contribution is 2.51. The molecule has 0 spiro atoms. The van der Waals surface area contributed by atoms with Crippen molar-refractivity contribution in [2.45, 2.75) is 66.1 Å². The first-order valence-electron chi connectivity index (χ1n) is 6.16. The van der Waals surface area contributed by atoms with Crippen LogP contribution >= 0.6 is 7.60 Å². The van der Waals surface area contributed by atoms with E-state index in [2.05, 4.69) is 13.8 Å². The number of hydrogen-bond donors (Lipinski definition) is 1. The Balaban J connectivity index is 4.27. The lowest BCUT2D eigenvalue weighted by molar-refractivity contribution is 0.161. The van der Waals surface area contributed by atoms with Crippen LogP contribution in [0, 0.1) is 11.8 Å². The Bertz CT molecular complexity index is 238. The number of hydrogen-bond acceptors (Lipinski definition) is 2. The third-order valence-electron chi connectivity index (χ3n) is 2.50. The lowest BCUT2D eigenvalue weighted by Gasteiger charge is -2.24. The van der Waals surface area contributed by atoms with Crippen molar-refractivity contribution >= 4 is 7.60 Å². The highest BCUT2D eigenvalue weighted by molar-refractivity contribution is 7.53. The molecule has 0 amide bonds. The molecule has 98 valence electrons. The van der Waals surface area contributed by atoms with Gasteiger partial charge in [-0.15, -0.1) is 0 Å². The molecule has 0 aliphatic heterocycles. The molecule has 3 nitrogen and oxygen atoms in total. The van der Waals surface area contributed by atoms with Crippen molar-refractivity contribution < 1.29 is 14.0 Å². The van der Waals surface area contributed by atoms with E-state index in [1.807, 2.05) is 20.8 Å². The van der Waals surface area contributed by atoms with Crippen LogP contribution in [0.3, 0.4) is 0 Å². The van der Waals surface area contributed by atoms with E-state index in [9.17, 15) is 9.46 Å². The van der Waals surface area contributed by atoms with Crippen LogP contribution in [0.25, 0.3) is 0 Å². The summed E-state index contributed by atoms with van der Waals surface area (Å²) < 4.78 is 17.3. The minimum Gasteiger partial charge on any atom is -0.324 e. The van der Waals surface area contributed by atoms with Crippen LogP contribution in [0.4, 0.5) is 0 Å². The second-order valence-corrected chi connectivity index (χ2v) is 7.81. The van der Waals surface area contributed by atoms with Crippen molar-refractivity contribution in [2.24, 2.45) is 11.8 Å². The van der Waals surface area contributed by atoms with Crippen LogP contribution in [0.15, 0.2) is 0 Å². The van der Waals surface area contributed by atoms with Gasteiger partial charge in [0.05, 0.1) is 11.8 Å². The van der Waals surface area contributed by atoms with Gasteiger partial charge in [-0.2, -0.15) is 0 Å². The summed E-state index contributed by atoms with van der Waals surface area (Å²) in [6.07, 6.45) is 1.40. The standard InChI is InChI=1S/C12H27O3P/c1-9(2)7-11(5)15-16(13,14)12(6)8-10(3)4/h9-12H,7-8H2,1-6H3,(H,13,14). The predicted molar refractivity (Wildman–Crippen MR) is 68.7 cm³/mol. The fourth-order valence-electron chi connectivity index (χ4n) is 1.88. The molecule has 0 aliphatic rings. The van der Waals surface area contributed by atoms with Crippen molar-refractivity contribution in [2.75, 3.05) is 0 Å². The van der Waals surface area contributed by atoms with Crippen LogP contribution in [0.1, 0.15) is 54.4 Å². The summed E-state index contributed by atoms with van der Waals surface area (Å²) in [6, 6.07) is 0. The summed E-state index contributed by atoms with van der Waals surface area (Å²) in [5, 5.41) is 0. The summed E-state index contributed by atoms with van der Waals surface area (Å²) in [4.78, 5) is 9.85. The van der Waals surface area contributed by atoms with Gasteiger partial charge in [0.15, 0.2) is 0 Å². The molecule has 0 bridgehead atoms. The Hall–Kier alpha value is 0.150. The number of rotatable bonds is 7. The molecule has 0 aliphatic carbocycles. The first-order valence-corrected chi connectivity index (χ1v) is 7.80. The summed E-state index contributed by atoms with van der Waals surface area (Å²) in [5.74, 6) is 0.898. The van der Waals surface area contributed by atoms with Crippen LogP contribution in [-0.2, 0) is 9.09 Å². The third kappa shape index (κ3) is 6.67. The van der Waals surface area contributed by atoms with Crippen molar-refractivity contribution in [1.29, 1.82) is 0 Å². The average molecular weight is 250 g/mol. The highest BCUT2D eigenvalue weighted by Gasteiger charge is 2.31. The molecule has 0 aromatic rings. The van der Waals surface area contributed by atoms with E-state index in [0.29, 0.717) is 11.8 Å². The zero-order valence-electron chi connectivity index (χ0n) is 11.4. The molecule has 0 radical (unpaired) electrons. The van der Waals surface area contributed by atoms with E-state index < -0.39 is 7.60 Å². The Labute approximate surface area is 100 Å². The molecule has 4 heteroatoms. The van der Waals surface area contributed by atoms with E-state index in [4.69, 9.17) is 4.52 Å². The fourth-order valence-corrected chi connectivity index (χ4v) is 3.38. The minimum atomic E-state index is -3.45. The molecule has 0 saturated heterocycles. The van der Waals surface area contributed by atoms with Crippen LogP contribution in [-0.4, -0.2) is 16.7 Å². The zero-order valence-corrected chi connectivity index (χ0v) is 12.3. The second-order valence-electron chi connectivity index (χ2n) is 5.59. The first kappa shape index (κ1) is 16.1. The Morgan fingerprint density at radius 1 is 1.00 bits per heavy atom. The van der Waals surface area contributed by atoms with E-state index in [1.54, 1.807) is 6.92 Å². The molecule has 16 heavy (non-hydrogen) atoms. The Morgan fingerprint density at radius 2 is 1.44 bits per heavy atom. The fraction of sp³-hybridized carbons (Fsp3) is 1.00. The normalized spacial score (nSPS) is 19.8. The van der Waals surface area contributed by atoms with Crippen molar-refractivity contribution in [3.63, 3.8) is 0 Å². The zero-order chi connectivity index (χ0) is 12.9. The summed E-state index contributed by atoms with van der Waals surface area (Å²) in [7, 11) is -3.45. The monoisotopic (exact) mass is 250 g/mol. The maximum atomic E-state index is 12.0. The van der Waals surface area contributed by atoms with E-state index in [1.165, 1.54) is 0 Å². The van der Waals surface area contributed by atoms with Gasteiger partial charge >= 0.3 is 7.60 Å². The molecular weight excluding hydrogens is 223 g/mol. The van der Waals surface area contributed by atoms with Crippen molar-refractivity contribution in [1.82, 2.24) is 0 Å². The molecule has 0 rings (SSSR count). The third-order valence-corrected chi connectivity index (χ3v) is 4.49. The summed E-state index contributed by atoms with van der Waals surface area (Å²) in [5.41, 5.74) is -0.276. The average Bonchev–Trinajstić information content (AvgIpc) is 1.98. The topological polar surface area (TPSA) is 46.5 Å². The van der Waals surface area contributed by atoms with Crippen LogP contribution in [0.5, 0.6) is 0 Å². The highest BCUT2D eigenvalue weighted by atomic mass is 31.2. The van der Waals surface area contributed by atoms with Gasteiger partial charge in [-0.05, 0) is 31.6 Å². The molecule has 0 aromatic carbocycles. The van der Waals surface area contributed by atoms with Crippen molar-refractivity contribution in [3.8, 4) is 0 Å². The summed E-state index contributed by atoms with van der Waals surface area (Å²) in [6.45, 7) is 11.9. The Kier molecular flexibility index (Phi) is 6.84. The molecular formula is C12H27O3P. The maximum Gasteiger partial charge on any atom is 0.331 e. The molecule has 3 atom stereocenters. The molecule has 1 N–H and O–H groups in total. The van der Waals surface area contributed by atoms with Crippen LogP contribution in [0.2, 0.25) is 0 Å². The lowest BCUT2D eigenvalue weighted by atomic mass is 10.1. The van der Waals surface area contributed by atoms with Gasteiger partial charge in [-0.1, -0.05) is 34.6 Å². The van der Waals surface area contributed by atoms with Gasteiger partial charge in [0.1, 0.15) is 0 Å². The molecule has 0 fully saturated rings. The largest absolute Gasteiger partial charge is 0.331 e. The van der Waals surface area contributed by atoms with Gasteiger partial charge in [0.25, 0.3) is 0 Å². The van der Waals surface area contributed by atoms with E-state index in [0.717, 1.165) is 12.8 Å². The van der Waals surface area contributed by atoms with Gasteiger partial charge < -0.3 is 9.42 Å². The van der Waals surface area contributed by atoms with Gasteiger partial charge in [-0.25, -0.2) is 0 Å². The van der Waals surface area contributed by atoms with Gasteiger partial charge in [0.2, 0.25) is 0 Å². The Morgan fingerprint density at radius 3 is 1.81 bits per heavy atom. The predicted octanol–water partition coefficient (Wildman–Crippen LogP) is 4.06. The maximum absolute atomic E-state index is 12.0. The molecule has 3 unspecified atom stereocenters. The second kappa shape index (κ2) is 6.78. The lowest BCUT2D eigenvalue weighted by Crippen LogP contribution is -2.16. The molecule has 0 saturated carbocycles. The minimum absolute atomic E-state index is 0.148. The SMILES string of the molecule is CC(C)CC(C)OP(=O)(O)C(C)CC(C)C. The smallest absolute Gasteiger partial charge is 0.324 e. The quantitative estimate of drug-likeness (QED) is 0.693. The van der Waals surface area contributed by atoms with E-state index in [-0.39, 0.29) is 11.8 Å². The first-order chi connectivity index (χ1) is 7.15. The van der Waals surface area contributed by atoms with Crippen molar-refractivity contribution in [3.05, 3.63) is 0 Å². The summed E-state index contributed by atoms with van der Waals surface area (Å²) >= 11 is 0.